The number of nitrogens with two attached hydrogens (primary N) is 1. The minimum absolute atomic E-state index is 0.00885. The van der Waals surface area contributed by atoms with E-state index in [2.05, 4.69) is 20.3 Å². The van der Waals surface area contributed by atoms with Crippen molar-refractivity contribution in [1.29, 1.82) is 0 Å². The fourth-order valence-electron chi connectivity index (χ4n) is 1.91. The predicted molar refractivity (Wildman–Crippen MR) is 81.4 cm³/mol. The third-order valence-electron chi connectivity index (χ3n) is 2.78. The third-order valence-corrected chi connectivity index (χ3v) is 3.11. The molecule has 2 rings (SSSR count). The Kier molecular flexibility index (Phi) is 4.74. The summed E-state index contributed by atoms with van der Waals surface area (Å²) in [6.45, 7) is 3.58. The summed E-state index contributed by atoms with van der Waals surface area (Å²) in [5.74, 6) is 0.239. The second kappa shape index (κ2) is 6.41. The highest BCUT2D eigenvalue weighted by molar-refractivity contribution is 6.31. The zero-order valence-corrected chi connectivity index (χ0v) is 13.0. The smallest absolute Gasteiger partial charge is 0.322 e. The molecule has 0 unspecified atom stereocenters. The summed E-state index contributed by atoms with van der Waals surface area (Å²) in [6.07, 6.45) is -4.55. The summed E-state index contributed by atoms with van der Waals surface area (Å²) in [7, 11) is 0. The number of nitrogens with zero attached hydrogens (tertiary/aromatic N) is 2. The van der Waals surface area contributed by atoms with Crippen molar-refractivity contribution >= 4 is 29.2 Å². The van der Waals surface area contributed by atoms with Crippen molar-refractivity contribution in [2.45, 2.75) is 20.0 Å². The van der Waals surface area contributed by atoms with Gasteiger partial charge in [0.2, 0.25) is 0 Å². The van der Waals surface area contributed by atoms with Crippen molar-refractivity contribution in [3.8, 4) is 0 Å². The molecule has 5 nitrogen and oxygen atoms in total. The molecule has 0 atom stereocenters. The fraction of sp³-hybridized carbons (Fsp3) is 0.214. The highest BCUT2D eigenvalue weighted by atomic mass is 35.5. The fourth-order valence-corrected chi connectivity index (χ4v) is 2.13. The molecular weight excluding hydrogens is 331 g/mol. The summed E-state index contributed by atoms with van der Waals surface area (Å²) in [4.78, 5) is 10.9. The minimum Gasteiger partial charge on any atom is -0.322 e. The number of anilines is 1. The van der Waals surface area contributed by atoms with Gasteiger partial charge in [-0.15, -0.1) is 9.97 Å². The predicted octanol–water partition coefficient (Wildman–Crippen LogP) is 1.90. The van der Waals surface area contributed by atoms with E-state index < -0.39 is 11.7 Å². The number of halogens is 4. The van der Waals surface area contributed by atoms with Crippen LogP contribution < -0.4 is 16.0 Å². The molecule has 122 valence electrons. The van der Waals surface area contributed by atoms with Gasteiger partial charge in [-0.2, -0.15) is 13.2 Å². The average Bonchev–Trinajstić information content (AvgIpc) is 2.38. The zero-order chi connectivity index (χ0) is 17.2. The van der Waals surface area contributed by atoms with Gasteiger partial charge < -0.3 is 5.73 Å². The van der Waals surface area contributed by atoms with Crippen LogP contribution in [0.3, 0.4) is 0 Å². The van der Waals surface area contributed by atoms with Gasteiger partial charge in [-0.3, -0.25) is 5.32 Å². The van der Waals surface area contributed by atoms with Gasteiger partial charge in [0.1, 0.15) is 0 Å². The average molecular weight is 345 g/mol. The molecule has 9 heteroatoms. The molecule has 0 saturated carbocycles. The van der Waals surface area contributed by atoms with Crippen LogP contribution in [-0.2, 0) is 6.18 Å². The van der Waals surface area contributed by atoms with Gasteiger partial charge in [0.15, 0.2) is 0 Å². The minimum atomic E-state index is -4.55. The quantitative estimate of drug-likeness (QED) is 0.574. The Morgan fingerprint density at radius 1 is 1.17 bits per heavy atom. The van der Waals surface area contributed by atoms with Gasteiger partial charge in [0.05, 0.1) is 27.7 Å². The number of nitrogens with one attached hydrogen (secondary N) is 2. The van der Waals surface area contributed by atoms with Crippen molar-refractivity contribution in [3.63, 3.8) is 0 Å². The summed E-state index contributed by atoms with van der Waals surface area (Å²) in [5.41, 5.74) is 6.40. The molecule has 23 heavy (non-hydrogen) atoms. The van der Waals surface area contributed by atoms with Gasteiger partial charge in [-0.1, -0.05) is 11.6 Å². The van der Waals surface area contributed by atoms with E-state index in [9.17, 15) is 13.2 Å². The lowest BCUT2D eigenvalue weighted by Gasteiger charge is -2.10. The number of guanidine groups is 1. The molecule has 0 saturated heterocycles. The van der Waals surface area contributed by atoms with E-state index in [1.54, 1.807) is 19.9 Å². The molecule has 1 aromatic heterocycles. The molecule has 1 aromatic carbocycles. The third kappa shape index (κ3) is 4.56. The zero-order valence-electron chi connectivity index (χ0n) is 12.3. The molecule has 0 aliphatic rings. The Morgan fingerprint density at radius 2 is 1.78 bits per heavy atom. The molecule has 1 heterocycles. The van der Waals surface area contributed by atoms with Crippen LogP contribution in [-0.4, -0.2) is 15.9 Å². The maximum absolute atomic E-state index is 12.8. The van der Waals surface area contributed by atoms with Crippen LogP contribution in [0.25, 0.3) is 0 Å². The maximum atomic E-state index is 12.8. The standard InChI is InChI=1S/C14H13ClF3N5/c1-7-5-8(2)21-13(20-7)23-12(19)22-9-3-4-11(15)10(6-9)14(16,17)18/h3-6H,1-2H3,(H3,19,20,21,22,23)/p+1. The Bertz CT molecular complexity index is 738. The first kappa shape index (κ1) is 17.0. The number of benzene rings is 1. The van der Waals surface area contributed by atoms with Crippen LogP contribution in [0.4, 0.5) is 24.8 Å². The summed E-state index contributed by atoms with van der Waals surface area (Å²) in [5, 5.41) is 2.23. The molecule has 0 bridgehead atoms. The van der Waals surface area contributed by atoms with E-state index >= 15 is 0 Å². The van der Waals surface area contributed by atoms with Gasteiger partial charge in [0, 0.05) is 6.07 Å². The maximum Gasteiger partial charge on any atom is 0.417 e. The summed E-state index contributed by atoms with van der Waals surface area (Å²) in [6, 6.07) is 5.19. The molecule has 0 aliphatic heterocycles. The van der Waals surface area contributed by atoms with Crippen LogP contribution in [0.1, 0.15) is 17.0 Å². The SMILES string of the molecule is Cc1cc(C)nc([NH+]=C(N)Nc2ccc(Cl)c(C(F)(F)F)c2)n1. The summed E-state index contributed by atoms with van der Waals surface area (Å²) >= 11 is 5.56. The molecule has 2 aromatic rings. The van der Waals surface area contributed by atoms with Crippen LogP contribution in [0.2, 0.25) is 5.02 Å². The highest BCUT2D eigenvalue weighted by Crippen LogP contribution is 2.36. The van der Waals surface area contributed by atoms with Crippen molar-refractivity contribution < 1.29 is 18.2 Å². The van der Waals surface area contributed by atoms with Crippen LogP contribution in [0, 0.1) is 13.8 Å². The second-order valence-corrected chi connectivity index (χ2v) is 5.24. The lowest BCUT2D eigenvalue weighted by molar-refractivity contribution is -0.365. The van der Waals surface area contributed by atoms with Crippen molar-refractivity contribution in [2.75, 3.05) is 5.32 Å². The van der Waals surface area contributed by atoms with Crippen molar-refractivity contribution in [3.05, 3.63) is 46.2 Å². The Hall–Kier alpha value is -2.35. The van der Waals surface area contributed by atoms with Crippen LogP contribution >= 0.6 is 11.6 Å². The van der Waals surface area contributed by atoms with Gasteiger partial charge in [-0.25, -0.2) is 4.99 Å². The first-order valence-corrected chi connectivity index (χ1v) is 6.88. The second-order valence-electron chi connectivity index (χ2n) is 4.83. The van der Waals surface area contributed by atoms with E-state index in [4.69, 9.17) is 17.3 Å². The number of hydrogen-bond donors (Lipinski definition) is 3. The van der Waals surface area contributed by atoms with Gasteiger partial charge in [-0.05, 0) is 32.0 Å². The normalized spacial score (nSPS) is 12.3. The molecule has 0 radical (unpaired) electrons. The summed E-state index contributed by atoms with van der Waals surface area (Å²) < 4.78 is 38.4. The first-order chi connectivity index (χ1) is 10.6. The highest BCUT2D eigenvalue weighted by Gasteiger charge is 2.33. The molecular formula is C14H14ClF3N5+. The number of rotatable bonds is 2. The van der Waals surface area contributed by atoms with E-state index in [0.717, 1.165) is 23.5 Å². The molecule has 0 fully saturated rings. The molecule has 0 aliphatic carbocycles. The molecule has 0 amide bonds. The van der Waals surface area contributed by atoms with E-state index in [-0.39, 0.29) is 22.6 Å². The van der Waals surface area contributed by atoms with Gasteiger partial charge in [0.25, 0.3) is 5.96 Å². The van der Waals surface area contributed by atoms with Crippen LogP contribution in [0.5, 0.6) is 0 Å². The van der Waals surface area contributed by atoms with Crippen molar-refractivity contribution in [2.24, 2.45) is 5.73 Å². The lowest BCUT2D eigenvalue weighted by atomic mass is 10.2. The first-order valence-electron chi connectivity index (χ1n) is 6.50. The van der Waals surface area contributed by atoms with Crippen LogP contribution in [0.15, 0.2) is 24.3 Å². The van der Waals surface area contributed by atoms with Crippen molar-refractivity contribution in [1.82, 2.24) is 9.97 Å². The number of alkyl halides is 3. The molecule has 0 spiro atoms. The Labute approximate surface area is 135 Å². The number of aromatic nitrogens is 2. The van der Waals surface area contributed by atoms with Gasteiger partial charge >= 0.3 is 12.1 Å². The van der Waals surface area contributed by atoms with E-state index in [1.807, 2.05) is 0 Å². The Balaban J connectivity index is 2.26. The van der Waals surface area contributed by atoms with E-state index in [1.165, 1.54) is 6.07 Å². The largest absolute Gasteiger partial charge is 0.417 e. The number of aryl methyl sites for hydroxylation is 2. The molecule has 4 N–H and O–H groups in total. The Morgan fingerprint density at radius 3 is 2.35 bits per heavy atom. The number of hydrogen-bond acceptors (Lipinski definition) is 2. The topological polar surface area (TPSA) is 77.8 Å². The monoisotopic (exact) mass is 344 g/mol. The van der Waals surface area contributed by atoms with E-state index in [0.29, 0.717) is 0 Å². The lowest BCUT2D eigenvalue weighted by Crippen LogP contribution is -2.72.